The molecule has 1 aromatic rings. The summed E-state index contributed by atoms with van der Waals surface area (Å²) >= 11 is 0. The molecule has 1 saturated heterocycles. The number of hydrogen-bond acceptors (Lipinski definition) is 6. The second-order valence-electron chi connectivity index (χ2n) is 6.53. The summed E-state index contributed by atoms with van der Waals surface area (Å²) in [6.07, 6.45) is -0.874. The quantitative estimate of drug-likeness (QED) is 0.800. The van der Waals surface area contributed by atoms with Crippen LogP contribution in [0, 0.1) is 0 Å². The van der Waals surface area contributed by atoms with Gasteiger partial charge in [-0.1, -0.05) is 30.3 Å². The van der Waals surface area contributed by atoms with E-state index in [0.717, 1.165) is 5.56 Å². The molecule has 8 heteroatoms. The Bertz CT molecular complexity index is 706. The molecule has 1 fully saturated rings. The summed E-state index contributed by atoms with van der Waals surface area (Å²) < 4.78 is 12.5. The number of carbonyl (C=O) groups excluding carboxylic acids is 4. The highest BCUT2D eigenvalue weighted by atomic mass is 16.7. The topological polar surface area (TPSA) is 102 Å². The SMILES string of the molecule is [2H]CC(C)(C)OC(=O)N[C@@H](Cc1ccccc1)C(=O)ON1C(=O)CCC1=O. The molecule has 0 aromatic heterocycles. The first-order chi connectivity index (χ1) is 12.7. The molecule has 1 atom stereocenters. The minimum atomic E-state index is -1.18. The smallest absolute Gasteiger partial charge is 0.408 e. The van der Waals surface area contributed by atoms with Crippen LogP contribution in [0.2, 0.25) is 0 Å². The minimum Gasteiger partial charge on any atom is -0.444 e. The summed E-state index contributed by atoms with van der Waals surface area (Å²) in [5.74, 6) is -2.17. The van der Waals surface area contributed by atoms with Crippen molar-refractivity contribution in [3.05, 3.63) is 35.9 Å². The number of hydrogen-bond donors (Lipinski definition) is 1. The lowest BCUT2D eigenvalue weighted by atomic mass is 10.1. The number of benzene rings is 1. The number of alkyl carbamates (subject to hydrolysis) is 1. The number of amides is 3. The van der Waals surface area contributed by atoms with Gasteiger partial charge in [-0.25, -0.2) is 9.59 Å². The van der Waals surface area contributed by atoms with Crippen molar-refractivity contribution in [3.63, 3.8) is 0 Å². The molecule has 1 aliphatic heterocycles. The van der Waals surface area contributed by atoms with Crippen molar-refractivity contribution in [2.24, 2.45) is 0 Å². The molecule has 0 bridgehead atoms. The van der Waals surface area contributed by atoms with Gasteiger partial charge in [-0.05, 0) is 26.3 Å². The Labute approximate surface area is 152 Å². The number of imide groups is 1. The van der Waals surface area contributed by atoms with E-state index in [1.807, 2.05) is 0 Å². The highest BCUT2D eigenvalue weighted by Crippen LogP contribution is 2.14. The summed E-state index contributed by atoms with van der Waals surface area (Å²) in [4.78, 5) is 52.8. The molecule has 0 saturated carbocycles. The van der Waals surface area contributed by atoms with E-state index in [1.54, 1.807) is 44.2 Å². The second-order valence-corrected chi connectivity index (χ2v) is 6.53. The van der Waals surface area contributed by atoms with E-state index < -0.39 is 35.5 Å². The van der Waals surface area contributed by atoms with E-state index in [0.29, 0.717) is 5.06 Å². The molecular weight excluding hydrogens is 340 g/mol. The van der Waals surface area contributed by atoms with E-state index >= 15 is 0 Å². The number of nitrogens with zero attached hydrogens (tertiary/aromatic N) is 1. The van der Waals surface area contributed by atoms with Gasteiger partial charge < -0.3 is 14.9 Å². The van der Waals surface area contributed by atoms with Gasteiger partial charge in [0.05, 0.1) is 0 Å². The molecule has 0 unspecified atom stereocenters. The van der Waals surface area contributed by atoms with E-state index in [9.17, 15) is 19.2 Å². The molecule has 1 aromatic carbocycles. The Morgan fingerprint density at radius 1 is 1.23 bits per heavy atom. The fourth-order valence-electron chi connectivity index (χ4n) is 2.28. The summed E-state index contributed by atoms with van der Waals surface area (Å²) in [6.45, 7) is 2.96. The van der Waals surface area contributed by atoms with E-state index in [2.05, 4.69) is 5.32 Å². The average Bonchev–Trinajstić information content (AvgIpc) is 2.93. The monoisotopic (exact) mass is 363 g/mol. The van der Waals surface area contributed by atoms with Crippen molar-refractivity contribution in [1.29, 1.82) is 0 Å². The fraction of sp³-hybridized carbons (Fsp3) is 0.444. The lowest BCUT2D eigenvalue weighted by Crippen LogP contribution is -2.48. The molecule has 8 nitrogen and oxygen atoms in total. The minimum absolute atomic E-state index is 0.0252. The van der Waals surface area contributed by atoms with Crippen molar-refractivity contribution < 1.29 is 30.1 Å². The van der Waals surface area contributed by atoms with Crippen molar-refractivity contribution in [2.75, 3.05) is 0 Å². The maximum atomic E-state index is 12.5. The van der Waals surface area contributed by atoms with Crippen LogP contribution >= 0.6 is 0 Å². The van der Waals surface area contributed by atoms with Crippen LogP contribution < -0.4 is 5.32 Å². The third-order valence-electron chi connectivity index (χ3n) is 3.42. The molecule has 0 spiro atoms. The van der Waals surface area contributed by atoms with Gasteiger partial charge in [-0.15, -0.1) is 5.06 Å². The fourth-order valence-corrected chi connectivity index (χ4v) is 2.28. The first-order valence-electron chi connectivity index (χ1n) is 8.83. The summed E-state index contributed by atoms with van der Waals surface area (Å²) in [5, 5.41) is 2.82. The van der Waals surface area contributed by atoms with Crippen LogP contribution in [0.4, 0.5) is 4.79 Å². The van der Waals surface area contributed by atoms with Gasteiger partial charge in [-0.3, -0.25) is 9.59 Å². The highest BCUT2D eigenvalue weighted by Gasteiger charge is 2.35. The predicted octanol–water partition coefficient (Wildman–Crippen LogP) is 1.73. The number of nitrogens with one attached hydrogen (secondary N) is 1. The molecule has 1 heterocycles. The molecule has 1 N–H and O–H groups in total. The third-order valence-corrected chi connectivity index (χ3v) is 3.42. The van der Waals surface area contributed by atoms with Gasteiger partial charge >= 0.3 is 12.1 Å². The highest BCUT2D eigenvalue weighted by molar-refractivity contribution is 6.01. The van der Waals surface area contributed by atoms with Crippen LogP contribution in [0.15, 0.2) is 30.3 Å². The van der Waals surface area contributed by atoms with Crippen molar-refractivity contribution in [1.82, 2.24) is 10.4 Å². The molecular formula is C18H22N2O6. The molecule has 0 radical (unpaired) electrons. The molecule has 140 valence electrons. The largest absolute Gasteiger partial charge is 0.444 e. The molecule has 0 aliphatic carbocycles. The first kappa shape index (κ1) is 17.9. The van der Waals surface area contributed by atoms with E-state index in [1.165, 1.54) is 0 Å². The molecule has 3 amide bonds. The van der Waals surface area contributed by atoms with Crippen molar-refractivity contribution in [3.8, 4) is 0 Å². The zero-order valence-corrected chi connectivity index (χ0v) is 14.7. The van der Waals surface area contributed by atoms with Crippen LogP contribution in [0.5, 0.6) is 0 Å². The van der Waals surface area contributed by atoms with Gasteiger partial charge in [0, 0.05) is 20.6 Å². The molecule has 1 aliphatic rings. The van der Waals surface area contributed by atoms with E-state index in [-0.39, 0.29) is 26.2 Å². The van der Waals surface area contributed by atoms with Gasteiger partial charge in [0.15, 0.2) is 0 Å². The first-order valence-corrected chi connectivity index (χ1v) is 8.12. The van der Waals surface area contributed by atoms with Crippen molar-refractivity contribution in [2.45, 2.75) is 51.7 Å². The summed E-state index contributed by atoms with van der Waals surface area (Å²) in [5.41, 5.74) is -0.301. The summed E-state index contributed by atoms with van der Waals surface area (Å²) in [7, 11) is 0. The standard InChI is InChI=1S/C18H22N2O6/c1-18(2,3)25-17(24)19-13(11-12-7-5-4-6-8-12)16(23)26-20-14(21)9-10-15(20)22/h4-8,13H,9-11H2,1-3H3,(H,19,24)/t13-/m0/s1/i1D. The van der Waals surface area contributed by atoms with Crippen molar-refractivity contribution >= 4 is 23.9 Å². The van der Waals surface area contributed by atoms with Crippen LogP contribution in [-0.4, -0.2) is 40.6 Å². The average molecular weight is 363 g/mol. The van der Waals surface area contributed by atoms with Gasteiger partial charge in [0.2, 0.25) is 0 Å². The van der Waals surface area contributed by atoms with Crippen LogP contribution in [-0.2, 0) is 30.4 Å². The zero-order chi connectivity index (χ0) is 20.0. The lowest BCUT2D eigenvalue weighted by Gasteiger charge is -2.23. The maximum absolute atomic E-state index is 12.5. The molecule has 2 rings (SSSR count). The number of ether oxygens (including phenoxy) is 1. The Kier molecular flexibility index (Phi) is 5.50. The van der Waals surface area contributed by atoms with Crippen LogP contribution in [0.3, 0.4) is 0 Å². The Hall–Kier alpha value is -2.90. The van der Waals surface area contributed by atoms with Crippen LogP contribution in [0.25, 0.3) is 0 Å². The second kappa shape index (κ2) is 7.99. The summed E-state index contributed by atoms with van der Waals surface area (Å²) in [6, 6.07) is 7.68. The Morgan fingerprint density at radius 3 is 2.42 bits per heavy atom. The molecule has 26 heavy (non-hydrogen) atoms. The zero-order valence-electron chi connectivity index (χ0n) is 15.7. The lowest BCUT2D eigenvalue weighted by molar-refractivity contribution is -0.198. The van der Waals surface area contributed by atoms with Gasteiger partial charge in [0.1, 0.15) is 11.6 Å². The maximum Gasteiger partial charge on any atom is 0.408 e. The Balaban J connectivity index is 2.11. The normalized spacial score (nSPS) is 16.1. The van der Waals surface area contributed by atoms with E-state index in [4.69, 9.17) is 10.9 Å². The van der Waals surface area contributed by atoms with Crippen LogP contribution in [0.1, 0.15) is 40.5 Å². The van der Waals surface area contributed by atoms with Gasteiger partial charge in [-0.2, -0.15) is 0 Å². The number of hydroxylamine groups is 2. The predicted molar refractivity (Wildman–Crippen MR) is 90.5 cm³/mol. The Morgan fingerprint density at radius 2 is 1.85 bits per heavy atom. The number of rotatable bonds is 5. The third kappa shape index (κ3) is 5.58. The number of carbonyl (C=O) groups is 4. The van der Waals surface area contributed by atoms with Gasteiger partial charge in [0.25, 0.3) is 11.8 Å².